The van der Waals surface area contributed by atoms with Gasteiger partial charge in [-0.1, -0.05) is 19.1 Å². The molecule has 0 bridgehead atoms. The molecule has 0 aliphatic heterocycles. The molecule has 0 aromatic heterocycles. The van der Waals surface area contributed by atoms with Crippen molar-refractivity contribution in [1.82, 2.24) is 4.90 Å². The summed E-state index contributed by atoms with van der Waals surface area (Å²) in [6, 6.07) is 7.56. The van der Waals surface area contributed by atoms with Gasteiger partial charge in [0.05, 0.1) is 0 Å². The van der Waals surface area contributed by atoms with Crippen LogP contribution in [-0.4, -0.2) is 40.6 Å². The highest BCUT2D eigenvalue weighted by Crippen LogP contribution is 2.28. The largest absolute Gasteiger partial charge is 0.481 e. The van der Waals surface area contributed by atoms with E-state index in [0.29, 0.717) is 12.2 Å². The highest BCUT2D eigenvalue weighted by molar-refractivity contribution is 5.85. The molecule has 2 rings (SSSR count). The van der Waals surface area contributed by atoms with Crippen molar-refractivity contribution in [3.05, 3.63) is 29.8 Å². The Labute approximate surface area is 124 Å². The smallest absolute Gasteiger partial charge is 0.323 e. The lowest BCUT2D eigenvalue weighted by Crippen LogP contribution is -2.45. The number of hydrogen-bond acceptors (Lipinski definition) is 3. The van der Waals surface area contributed by atoms with Gasteiger partial charge in [0.15, 0.2) is 6.10 Å². The van der Waals surface area contributed by atoms with E-state index in [1.165, 1.54) is 4.90 Å². The van der Waals surface area contributed by atoms with Gasteiger partial charge in [-0.05, 0) is 43.9 Å². The predicted molar refractivity (Wildman–Crippen MR) is 78.3 cm³/mol. The summed E-state index contributed by atoms with van der Waals surface area (Å²) in [5.74, 6) is -0.578. The van der Waals surface area contributed by atoms with Crippen LogP contribution in [0, 0.1) is 6.92 Å². The van der Waals surface area contributed by atoms with Crippen LogP contribution in [0.1, 0.15) is 31.7 Å². The Morgan fingerprint density at radius 2 is 2.14 bits per heavy atom. The van der Waals surface area contributed by atoms with E-state index in [-0.39, 0.29) is 18.5 Å². The van der Waals surface area contributed by atoms with Crippen LogP contribution in [-0.2, 0) is 9.59 Å². The number of benzene rings is 1. The van der Waals surface area contributed by atoms with E-state index in [1.807, 2.05) is 38.1 Å². The van der Waals surface area contributed by atoms with Crippen molar-refractivity contribution in [2.24, 2.45) is 0 Å². The van der Waals surface area contributed by atoms with Gasteiger partial charge >= 0.3 is 5.97 Å². The molecule has 114 valence electrons. The molecule has 1 amide bonds. The monoisotopic (exact) mass is 291 g/mol. The van der Waals surface area contributed by atoms with Gasteiger partial charge in [0.2, 0.25) is 0 Å². The van der Waals surface area contributed by atoms with Crippen LogP contribution in [0.25, 0.3) is 0 Å². The predicted octanol–water partition coefficient (Wildman–Crippen LogP) is 2.23. The second-order valence-electron chi connectivity index (χ2n) is 5.42. The minimum absolute atomic E-state index is 0.0590. The van der Waals surface area contributed by atoms with Crippen LogP contribution in [0.5, 0.6) is 5.75 Å². The third-order valence-corrected chi connectivity index (χ3v) is 3.49. The second kappa shape index (κ2) is 6.61. The number of aliphatic carboxylic acids is 1. The summed E-state index contributed by atoms with van der Waals surface area (Å²) in [7, 11) is 0. The van der Waals surface area contributed by atoms with Gasteiger partial charge in [-0.25, -0.2) is 0 Å². The standard InChI is InChI=1S/C16H21NO4/c1-3-14(21-13-6-4-5-11(2)9-13)16(20)17(10-15(18)19)12-7-8-12/h4-6,9,12,14H,3,7-8,10H2,1-2H3,(H,18,19). The molecule has 1 aliphatic carbocycles. The summed E-state index contributed by atoms with van der Waals surface area (Å²) >= 11 is 0. The number of amides is 1. The quantitative estimate of drug-likeness (QED) is 0.836. The number of carboxylic acids is 1. The van der Waals surface area contributed by atoms with E-state index >= 15 is 0 Å². The van der Waals surface area contributed by atoms with Crippen LogP contribution in [0.2, 0.25) is 0 Å². The minimum Gasteiger partial charge on any atom is -0.481 e. The molecule has 1 fully saturated rings. The Hall–Kier alpha value is -2.04. The molecule has 1 saturated carbocycles. The summed E-state index contributed by atoms with van der Waals surface area (Å²) in [6.07, 6.45) is 1.63. The second-order valence-corrected chi connectivity index (χ2v) is 5.42. The molecule has 1 aromatic rings. The Morgan fingerprint density at radius 1 is 1.43 bits per heavy atom. The van der Waals surface area contributed by atoms with Crippen molar-refractivity contribution in [2.75, 3.05) is 6.54 Å². The van der Waals surface area contributed by atoms with Crippen molar-refractivity contribution < 1.29 is 19.4 Å². The fourth-order valence-electron chi connectivity index (χ4n) is 2.27. The van der Waals surface area contributed by atoms with E-state index in [9.17, 15) is 9.59 Å². The molecule has 0 spiro atoms. The first kappa shape index (κ1) is 15.4. The summed E-state index contributed by atoms with van der Waals surface area (Å²) < 4.78 is 5.76. The lowest BCUT2D eigenvalue weighted by molar-refractivity contribution is -0.148. The first-order valence-electron chi connectivity index (χ1n) is 7.27. The highest BCUT2D eigenvalue weighted by Gasteiger charge is 2.37. The minimum atomic E-state index is -0.986. The van der Waals surface area contributed by atoms with Gasteiger partial charge in [-0.3, -0.25) is 9.59 Å². The topological polar surface area (TPSA) is 66.8 Å². The number of hydrogen-bond donors (Lipinski definition) is 1. The lowest BCUT2D eigenvalue weighted by atomic mass is 10.2. The average molecular weight is 291 g/mol. The summed E-state index contributed by atoms with van der Waals surface area (Å²) in [6.45, 7) is 3.57. The molecule has 0 radical (unpaired) electrons. The van der Waals surface area contributed by atoms with Crippen molar-refractivity contribution >= 4 is 11.9 Å². The number of carbonyl (C=O) groups is 2. The molecule has 1 unspecified atom stereocenters. The van der Waals surface area contributed by atoms with E-state index in [2.05, 4.69) is 0 Å². The maximum atomic E-state index is 12.5. The summed E-state index contributed by atoms with van der Waals surface area (Å²) in [5.41, 5.74) is 1.05. The Morgan fingerprint density at radius 3 is 2.67 bits per heavy atom. The molecule has 1 atom stereocenters. The van der Waals surface area contributed by atoms with Gasteiger partial charge in [0.25, 0.3) is 5.91 Å². The van der Waals surface area contributed by atoms with Crippen LogP contribution >= 0.6 is 0 Å². The van der Waals surface area contributed by atoms with Crippen molar-refractivity contribution in [2.45, 2.75) is 45.3 Å². The molecule has 0 heterocycles. The van der Waals surface area contributed by atoms with E-state index < -0.39 is 12.1 Å². The zero-order valence-electron chi connectivity index (χ0n) is 12.4. The first-order valence-corrected chi connectivity index (χ1v) is 7.27. The fraction of sp³-hybridized carbons (Fsp3) is 0.500. The van der Waals surface area contributed by atoms with Gasteiger partial charge in [0, 0.05) is 6.04 Å². The Balaban J connectivity index is 2.07. The van der Waals surface area contributed by atoms with Crippen molar-refractivity contribution in [3.63, 3.8) is 0 Å². The third kappa shape index (κ3) is 4.21. The van der Waals surface area contributed by atoms with E-state index in [0.717, 1.165) is 18.4 Å². The van der Waals surface area contributed by atoms with Crippen molar-refractivity contribution in [3.8, 4) is 5.75 Å². The molecule has 0 saturated heterocycles. The van der Waals surface area contributed by atoms with Crippen LogP contribution in [0.3, 0.4) is 0 Å². The number of rotatable bonds is 7. The fourth-order valence-corrected chi connectivity index (χ4v) is 2.27. The molecular formula is C16H21NO4. The SMILES string of the molecule is CCC(Oc1cccc(C)c1)C(=O)N(CC(=O)O)C1CC1. The summed E-state index contributed by atoms with van der Waals surface area (Å²) in [5, 5.41) is 8.96. The van der Waals surface area contributed by atoms with E-state index in [4.69, 9.17) is 9.84 Å². The number of carboxylic acid groups (broad SMARTS) is 1. The van der Waals surface area contributed by atoms with Crippen LogP contribution < -0.4 is 4.74 Å². The molecule has 1 aromatic carbocycles. The number of carbonyl (C=O) groups excluding carboxylic acids is 1. The van der Waals surface area contributed by atoms with Crippen molar-refractivity contribution in [1.29, 1.82) is 0 Å². The van der Waals surface area contributed by atoms with Gasteiger partial charge in [0.1, 0.15) is 12.3 Å². The Bertz CT molecular complexity index is 525. The van der Waals surface area contributed by atoms with Gasteiger partial charge in [-0.2, -0.15) is 0 Å². The van der Waals surface area contributed by atoms with Crippen LogP contribution in [0.15, 0.2) is 24.3 Å². The van der Waals surface area contributed by atoms with Crippen LogP contribution in [0.4, 0.5) is 0 Å². The molecule has 1 aliphatic rings. The zero-order chi connectivity index (χ0) is 15.4. The summed E-state index contributed by atoms with van der Waals surface area (Å²) in [4.78, 5) is 24.9. The first-order chi connectivity index (χ1) is 10.0. The maximum Gasteiger partial charge on any atom is 0.323 e. The van der Waals surface area contributed by atoms with Gasteiger partial charge < -0.3 is 14.7 Å². The third-order valence-electron chi connectivity index (χ3n) is 3.49. The molecule has 1 N–H and O–H groups in total. The highest BCUT2D eigenvalue weighted by atomic mass is 16.5. The van der Waals surface area contributed by atoms with Gasteiger partial charge in [-0.15, -0.1) is 0 Å². The maximum absolute atomic E-state index is 12.5. The molecule has 5 heteroatoms. The molecule has 21 heavy (non-hydrogen) atoms. The Kier molecular flexibility index (Phi) is 4.83. The average Bonchev–Trinajstić information content (AvgIpc) is 3.26. The number of nitrogens with zero attached hydrogens (tertiary/aromatic N) is 1. The number of aryl methyl sites for hydroxylation is 1. The van der Waals surface area contributed by atoms with E-state index in [1.54, 1.807) is 0 Å². The zero-order valence-corrected chi connectivity index (χ0v) is 12.4. The lowest BCUT2D eigenvalue weighted by Gasteiger charge is -2.26. The molecular weight excluding hydrogens is 270 g/mol. The normalized spacial score (nSPS) is 15.3. The molecule has 5 nitrogen and oxygen atoms in total. The number of ether oxygens (including phenoxy) is 1.